The van der Waals surface area contributed by atoms with Gasteiger partial charge in [0.15, 0.2) is 0 Å². The Kier molecular flexibility index (Phi) is 10.8. The Bertz CT molecular complexity index is 1120. The van der Waals surface area contributed by atoms with E-state index >= 15 is 0 Å². The van der Waals surface area contributed by atoms with Gasteiger partial charge in [0.2, 0.25) is 21.8 Å². The van der Waals surface area contributed by atoms with Crippen LogP contribution in [0.4, 0.5) is 5.69 Å². The molecular formula is C27H39N3O5S. The summed E-state index contributed by atoms with van der Waals surface area (Å²) in [6, 6.07) is 13.5. The summed E-state index contributed by atoms with van der Waals surface area (Å²) < 4.78 is 31.9. The molecule has 0 heterocycles. The summed E-state index contributed by atoms with van der Waals surface area (Å²) in [5, 5.41) is 2.92. The van der Waals surface area contributed by atoms with Crippen LogP contribution in [0.3, 0.4) is 0 Å². The summed E-state index contributed by atoms with van der Waals surface area (Å²) in [4.78, 5) is 28.3. The lowest BCUT2D eigenvalue weighted by atomic mass is 10.1. The minimum absolute atomic E-state index is 0.194. The minimum atomic E-state index is -3.78. The van der Waals surface area contributed by atoms with Crippen LogP contribution in [0.5, 0.6) is 5.75 Å². The molecule has 9 heteroatoms. The van der Waals surface area contributed by atoms with Crippen LogP contribution in [0.1, 0.15) is 45.2 Å². The number of sulfonamides is 1. The van der Waals surface area contributed by atoms with Crippen LogP contribution >= 0.6 is 0 Å². The highest BCUT2D eigenvalue weighted by Crippen LogP contribution is 2.23. The van der Waals surface area contributed by atoms with E-state index in [1.807, 2.05) is 58.9 Å². The molecular weight excluding hydrogens is 478 g/mol. The molecule has 0 aromatic heterocycles. The van der Waals surface area contributed by atoms with Gasteiger partial charge in [0.05, 0.1) is 18.6 Å². The van der Waals surface area contributed by atoms with Crippen molar-refractivity contribution >= 4 is 27.5 Å². The van der Waals surface area contributed by atoms with Crippen molar-refractivity contribution in [3.63, 3.8) is 0 Å². The van der Waals surface area contributed by atoms with Gasteiger partial charge >= 0.3 is 0 Å². The molecule has 0 saturated carbocycles. The third-order valence-electron chi connectivity index (χ3n) is 5.79. The fourth-order valence-electron chi connectivity index (χ4n) is 3.80. The quantitative estimate of drug-likeness (QED) is 0.437. The van der Waals surface area contributed by atoms with Crippen LogP contribution < -0.4 is 14.4 Å². The maximum Gasteiger partial charge on any atom is 0.244 e. The number of rotatable bonds is 13. The number of hydrogen-bond acceptors (Lipinski definition) is 5. The number of aryl methyl sites for hydroxylation is 1. The maximum absolute atomic E-state index is 13.7. The zero-order valence-electron chi connectivity index (χ0n) is 22.2. The van der Waals surface area contributed by atoms with Crippen molar-refractivity contribution in [2.75, 3.05) is 30.3 Å². The summed E-state index contributed by atoms with van der Waals surface area (Å²) in [5.74, 6) is 0.159. The summed E-state index contributed by atoms with van der Waals surface area (Å²) in [6.45, 7) is 10.4. The van der Waals surface area contributed by atoms with E-state index in [0.29, 0.717) is 31.0 Å². The monoisotopic (exact) mass is 517 g/mol. The highest BCUT2D eigenvalue weighted by Gasteiger charge is 2.32. The van der Waals surface area contributed by atoms with Crippen LogP contribution in [-0.2, 0) is 26.2 Å². The second kappa shape index (κ2) is 13.3. The molecule has 1 N–H and O–H groups in total. The molecule has 2 aromatic rings. The lowest BCUT2D eigenvalue weighted by Gasteiger charge is -2.33. The minimum Gasteiger partial charge on any atom is -0.494 e. The standard InChI is InChI=1S/C27H39N3O5S/c1-7-25(27(32)28-17-20(3)4)29(18-22-12-10-9-11-21(22)5)26(31)19-30(36(6,33)34)23-13-15-24(16-14-23)35-8-2/h9-16,20,25H,7-8,17-19H2,1-6H3,(H,28,32)/t25-/m0/s1. The van der Waals surface area contributed by atoms with E-state index in [1.165, 1.54) is 4.90 Å². The average molecular weight is 518 g/mol. The van der Waals surface area contributed by atoms with Crippen LogP contribution in [0.15, 0.2) is 48.5 Å². The molecule has 0 saturated heterocycles. The maximum atomic E-state index is 13.7. The third kappa shape index (κ3) is 8.26. The summed E-state index contributed by atoms with van der Waals surface area (Å²) in [6.07, 6.45) is 1.46. The predicted molar refractivity (Wildman–Crippen MR) is 143 cm³/mol. The molecule has 2 aromatic carbocycles. The Labute approximate surface area is 215 Å². The van der Waals surface area contributed by atoms with Gasteiger partial charge in [-0.05, 0) is 61.6 Å². The Balaban J connectivity index is 2.41. The van der Waals surface area contributed by atoms with E-state index in [1.54, 1.807) is 24.3 Å². The van der Waals surface area contributed by atoms with Crippen molar-refractivity contribution in [1.29, 1.82) is 0 Å². The van der Waals surface area contributed by atoms with Gasteiger partial charge in [0, 0.05) is 13.1 Å². The fraction of sp³-hybridized carbons (Fsp3) is 0.481. The molecule has 0 aliphatic carbocycles. The molecule has 1 atom stereocenters. The van der Waals surface area contributed by atoms with Crippen LogP contribution in [0.2, 0.25) is 0 Å². The Morgan fingerprint density at radius 2 is 1.67 bits per heavy atom. The Morgan fingerprint density at radius 3 is 2.19 bits per heavy atom. The molecule has 0 aliphatic heterocycles. The van der Waals surface area contributed by atoms with Crippen molar-refractivity contribution in [2.24, 2.45) is 5.92 Å². The molecule has 0 spiro atoms. The van der Waals surface area contributed by atoms with Gasteiger partial charge in [0.1, 0.15) is 18.3 Å². The van der Waals surface area contributed by atoms with Crippen molar-refractivity contribution in [3.8, 4) is 5.75 Å². The largest absolute Gasteiger partial charge is 0.494 e. The molecule has 2 rings (SSSR count). The second-order valence-electron chi connectivity index (χ2n) is 9.21. The van der Waals surface area contributed by atoms with Crippen molar-refractivity contribution in [1.82, 2.24) is 10.2 Å². The number of amides is 2. The highest BCUT2D eigenvalue weighted by atomic mass is 32.2. The smallest absolute Gasteiger partial charge is 0.244 e. The van der Waals surface area contributed by atoms with E-state index in [0.717, 1.165) is 21.7 Å². The molecule has 0 bridgehead atoms. The fourth-order valence-corrected chi connectivity index (χ4v) is 4.65. The predicted octanol–water partition coefficient (Wildman–Crippen LogP) is 3.74. The van der Waals surface area contributed by atoms with Crippen LogP contribution in [0, 0.1) is 12.8 Å². The molecule has 0 aliphatic rings. The molecule has 0 unspecified atom stereocenters. The van der Waals surface area contributed by atoms with Gasteiger partial charge in [-0.15, -0.1) is 0 Å². The highest BCUT2D eigenvalue weighted by molar-refractivity contribution is 7.92. The first-order chi connectivity index (χ1) is 17.0. The van der Waals surface area contributed by atoms with Crippen LogP contribution in [0.25, 0.3) is 0 Å². The average Bonchev–Trinajstić information content (AvgIpc) is 2.82. The number of nitrogens with zero attached hydrogens (tertiary/aromatic N) is 2. The number of hydrogen-bond donors (Lipinski definition) is 1. The molecule has 0 fully saturated rings. The normalized spacial score (nSPS) is 12.2. The summed E-state index contributed by atoms with van der Waals surface area (Å²) in [7, 11) is -3.78. The van der Waals surface area contributed by atoms with Gasteiger partial charge in [-0.25, -0.2) is 8.42 Å². The molecule has 8 nitrogen and oxygen atoms in total. The number of nitrogens with one attached hydrogen (secondary N) is 1. The van der Waals surface area contributed by atoms with E-state index in [9.17, 15) is 18.0 Å². The van der Waals surface area contributed by atoms with Gasteiger partial charge in [0.25, 0.3) is 0 Å². The number of carbonyl (C=O) groups is 2. The van der Waals surface area contributed by atoms with E-state index in [-0.39, 0.29) is 18.4 Å². The van der Waals surface area contributed by atoms with E-state index < -0.39 is 28.5 Å². The van der Waals surface area contributed by atoms with Gasteiger partial charge in [-0.2, -0.15) is 0 Å². The van der Waals surface area contributed by atoms with Gasteiger partial charge in [-0.1, -0.05) is 45.0 Å². The molecule has 198 valence electrons. The van der Waals surface area contributed by atoms with Crippen molar-refractivity contribution in [3.05, 3.63) is 59.7 Å². The first-order valence-electron chi connectivity index (χ1n) is 12.3. The summed E-state index contributed by atoms with van der Waals surface area (Å²) in [5.41, 5.74) is 2.23. The Hall–Kier alpha value is -3.07. The van der Waals surface area contributed by atoms with Gasteiger partial charge in [-0.3, -0.25) is 13.9 Å². The zero-order chi connectivity index (χ0) is 26.9. The zero-order valence-corrected chi connectivity index (χ0v) is 23.0. The van der Waals surface area contributed by atoms with E-state index in [2.05, 4.69) is 5.32 Å². The Morgan fingerprint density at radius 1 is 1.03 bits per heavy atom. The summed E-state index contributed by atoms with van der Waals surface area (Å²) >= 11 is 0. The first kappa shape index (κ1) is 29.2. The second-order valence-corrected chi connectivity index (χ2v) is 11.1. The van der Waals surface area contributed by atoms with Gasteiger partial charge < -0.3 is 15.0 Å². The lowest BCUT2D eigenvalue weighted by molar-refractivity contribution is -0.140. The van der Waals surface area contributed by atoms with E-state index in [4.69, 9.17) is 4.74 Å². The van der Waals surface area contributed by atoms with Crippen molar-refractivity contribution in [2.45, 2.75) is 53.6 Å². The molecule has 36 heavy (non-hydrogen) atoms. The topological polar surface area (TPSA) is 96.0 Å². The molecule has 2 amide bonds. The number of benzene rings is 2. The molecule has 0 radical (unpaired) electrons. The van der Waals surface area contributed by atoms with Crippen LogP contribution in [-0.4, -0.2) is 57.1 Å². The number of ether oxygens (including phenoxy) is 1. The van der Waals surface area contributed by atoms with Crippen molar-refractivity contribution < 1.29 is 22.7 Å². The first-order valence-corrected chi connectivity index (χ1v) is 14.1. The third-order valence-corrected chi connectivity index (χ3v) is 6.93. The lowest BCUT2D eigenvalue weighted by Crippen LogP contribution is -2.52. The number of anilines is 1. The number of carbonyl (C=O) groups excluding carboxylic acids is 2. The SMILES string of the molecule is CCOc1ccc(N(CC(=O)N(Cc2ccccc2C)[C@@H](CC)C(=O)NCC(C)C)S(C)(=O)=O)cc1.